The van der Waals surface area contributed by atoms with Crippen molar-refractivity contribution in [3.05, 3.63) is 77.6 Å². The molecule has 0 spiro atoms. The molecule has 0 aromatic carbocycles. The zero-order valence-corrected chi connectivity index (χ0v) is 15.7. The van der Waals surface area contributed by atoms with Gasteiger partial charge in [-0.05, 0) is 38.1 Å². The number of H-pyrrole nitrogens is 1. The van der Waals surface area contributed by atoms with E-state index in [-0.39, 0.29) is 11.4 Å². The second-order valence-electron chi connectivity index (χ2n) is 5.87. The first kappa shape index (κ1) is 19.5. The first-order chi connectivity index (χ1) is 14.0. The Hall–Kier alpha value is -4.21. The van der Waals surface area contributed by atoms with E-state index in [9.17, 15) is 9.59 Å². The Bertz CT molecular complexity index is 974. The van der Waals surface area contributed by atoms with Crippen LogP contribution in [-0.4, -0.2) is 43.4 Å². The van der Waals surface area contributed by atoms with Crippen LogP contribution in [0.25, 0.3) is 0 Å². The Morgan fingerprint density at radius 2 is 1.38 bits per heavy atom. The fourth-order valence-electron chi connectivity index (χ4n) is 2.21. The number of hydrogen-bond donors (Lipinski definition) is 3. The highest BCUT2D eigenvalue weighted by molar-refractivity contribution is 6.01. The zero-order valence-electron chi connectivity index (χ0n) is 15.7. The van der Waals surface area contributed by atoms with Crippen LogP contribution in [0, 0.1) is 0 Å². The molecule has 146 valence electrons. The van der Waals surface area contributed by atoms with Crippen LogP contribution in [0.5, 0.6) is 0 Å². The summed E-state index contributed by atoms with van der Waals surface area (Å²) in [4.78, 5) is 32.6. The van der Waals surface area contributed by atoms with Crippen molar-refractivity contribution >= 4 is 23.2 Å². The Labute approximate surface area is 166 Å². The molecule has 29 heavy (non-hydrogen) atoms. The number of nitrogens with one attached hydrogen (secondary N) is 3. The smallest absolute Gasteiger partial charge is 0.272 e. The Balaban J connectivity index is 1.61. The van der Waals surface area contributed by atoms with Gasteiger partial charge in [0, 0.05) is 18.5 Å². The number of pyridine rings is 2. The van der Waals surface area contributed by atoms with E-state index in [1.807, 2.05) is 12.1 Å². The summed E-state index contributed by atoms with van der Waals surface area (Å²) < 4.78 is 0. The zero-order chi connectivity index (χ0) is 20.6. The van der Waals surface area contributed by atoms with E-state index in [2.05, 4.69) is 41.2 Å². The van der Waals surface area contributed by atoms with Gasteiger partial charge >= 0.3 is 0 Å². The average Bonchev–Trinajstić information content (AvgIpc) is 3.27. The van der Waals surface area contributed by atoms with Crippen LogP contribution in [0.4, 0.5) is 0 Å². The molecule has 3 aromatic heterocycles. The van der Waals surface area contributed by atoms with E-state index in [4.69, 9.17) is 0 Å². The second-order valence-corrected chi connectivity index (χ2v) is 5.87. The van der Waals surface area contributed by atoms with Crippen molar-refractivity contribution in [3.63, 3.8) is 0 Å². The molecule has 0 saturated carbocycles. The molecule has 3 N–H and O–H groups in total. The lowest BCUT2D eigenvalue weighted by molar-refractivity contribution is 0.0944. The van der Waals surface area contributed by atoms with E-state index >= 15 is 0 Å². The second kappa shape index (κ2) is 9.13. The molecule has 0 aliphatic carbocycles. The van der Waals surface area contributed by atoms with Gasteiger partial charge in [0.25, 0.3) is 11.8 Å². The number of hydrazone groups is 2. The maximum atomic E-state index is 12.2. The average molecular weight is 390 g/mol. The number of hydrogen-bond acceptors (Lipinski definition) is 7. The number of carbonyl (C=O) groups excluding carboxylic acids is 2. The third-order valence-electron chi connectivity index (χ3n) is 3.78. The Morgan fingerprint density at radius 1 is 0.828 bits per heavy atom. The number of aromatic amines is 1. The van der Waals surface area contributed by atoms with Crippen molar-refractivity contribution in [1.82, 2.24) is 31.0 Å². The van der Waals surface area contributed by atoms with E-state index in [0.717, 1.165) is 0 Å². The maximum Gasteiger partial charge on any atom is 0.291 e. The summed E-state index contributed by atoms with van der Waals surface area (Å²) in [6.45, 7) is 3.43. The van der Waals surface area contributed by atoms with Crippen LogP contribution in [0.3, 0.4) is 0 Å². The number of carbonyl (C=O) groups is 2. The van der Waals surface area contributed by atoms with Crippen LogP contribution in [0.15, 0.2) is 65.1 Å². The minimum atomic E-state index is -0.566. The number of aromatic nitrogens is 4. The molecule has 0 saturated heterocycles. The van der Waals surface area contributed by atoms with E-state index in [1.165, 1.54) is 6.07 Å². The van der Waals surface area contributed by atoms with Crippen LogP contribution in [-0.2, 0) is 0 Å². The van der Waals surface area contributed by atoms with Gasteiger partial charge in [0.1, 0.15) is 5.69 Å². The summed E-state index contributed by atoms with van der Waals surface area (Å²) in [6.07, 6.45) is 3.26. The van der Waals surface area contributed by atoms with Gasteiger partial charge in [0.2, 0.25) is 0 Å². The lowest BCUT2D eigenvalue weighted by Crippen LogP contribution is -2.20. The number of amides is 2. The first-order valence-electron chi connectivity index (χ1n) is 8.62. The highest BCUT2D eigenvalue weighted by atomic mass is 16.2. The molecule has 0 atom stereocenters. The van der Waals surface area contributed by atoms with E-state index in [0.29, 0.717) is 22.8 Å². The molecule has 3 heterocycles. The van der Waals surface area contributed by atoms with Crippen LogP contribution in [0.1, 0.15) is 46.2 Å². The maximum absolute atomic E-state index is 12.2. The molecule has 10 heteroatoms. The van der Waals surface area contributed by atoms with Crippen molar-refractivity contribution < 1.29 is 9.59 Å². The first-order valence-corrected chi connectivity index (χ1v) is 8.62. The minimum Gasteiger partial charge on any atom is -0.272 e. The van der Waals surface area contributed by atoms with Gasteiger partial charge in [-0.15, -0.1) is 0 Å². The van der Waals surface area contributed by atoms with Crippen LogP contribution < -0.4 is 10.9 Å². The van der Waals surface area contributed by atoms with Gasteiger partial charge in [-0.25, -0.2) is 10.9 Å². The van der Waals surface area contributed by atoms with Gasteiger partial charge in [0.15, 0.2) is 5.69 Å². The molecular formula is C19H18N8O2. The van der Waals surface area contributed by atoms with Crippen molar-refractivity contribution in [2.75, 3.05) is 0 Å². The summed E-state index contributed by atoms with van der Waals surface area (Å²) in [6, 6.07) is 12.1. The van der Waals surface area contributed by atoms with Crippen molar-refractivity contribution in [2.45, 2.75) is 13.8 Å². The Morgan fingerprint density at radius 3 is 1.90 bits per heavy atom. The highest BCUT2D eigenvalue weighted by Gasteiger charge is 2.14. The summed E-state index contributed by atoms with van der Waals surface area (Å²) in [5, 5.41) is 14.3. The molecule has 2 amide bonds. The monoisotopic (exact) mass is 390 g/mol. The fourth-order valence-corrected chi connectivity index (χ4v) is 2.21. The predicted octanol–water partition coefficient (Wildman–Crippen LogP) is 1.51. The molecule has 3 rings (SSSR count). The molecule has 3 aromatic rings. The minimum absolute atomic E-state index is 0.0122. The Kier molecular flexibility index (Phi) is 6.15. The van der Waals surface area contributed by atoms with Gasteiger partial charge in [-0.2, -0.15) is 15.3 Å². The van der Waals surface area contributed by atoms with Gasteiger partial charge in [-0.3, -0.25) is 24.7 Å². The number of rotatable bonds is 6. The molecule has 0 unspecified atom stereocenters. The van der Waals surface area contributed by atoms with Crippen molar-refractivity contribution in [2.24, 2.45) is 10.2 Å². The third kappa shape index (κ3) is 5.16. The van der Waals surface area contributed by atoms with Gasteiger partial charge < -0.3 is 0 Å². The van der Waals surface area contributed by atoms with Gasteiger partial charge in [-0.1, -0.05) is 12.1 Å². The van der Waals surface area contributed by atoms with Crippen molar-refractivity contribution in [3.8, 4) is 0 Å². The molecule has 0 aliphatic rings. The predicted molar refractivity (Wildman–Crippen MR) is 106 cm³/mol. The standard InChI is InChI=1S/C19H18N8O2/c1-12(14-7-3-5-9-20-14)22-26-18(28)16-11-17(25-24-16)19(29)27-23-13(2)15-8-4-6-10-21-15/h3-11H,1-2H3,(H,24,25)(H,26,28)(H,27,29)/b22-12+,23-13+. The summed E-state index contributed by atoms with van der Waals surface area (Å²) >= 11 is 0. The number of nitrogens with zero attached hydrogens (tertiary/aromatic N) is 5. The lowest BCUT2D eigenvalue weighted by Gasteiger charge is -2.00. The normalized spacial score (nSPS) is 11.8. The van der Waals surface area contributed by atoms with E-state index < -0.39 is 11.8 Å². The molecule has 0 bridgehead atoms. The topological polar surface area (TPSA) is 137 Å². The third-order valence-corrected chi connectivity index (χ3v) is 3.78. The highest BCUT2D eigenvalue weighted by Crippen LogP contribution is 2.02. The molecule has 0 aliphatic heterocycles. The summed E-state index contributed by atoms with van der Waals surface area (Å²) in [5.74, 6) is -1.11. The largest absolute Gasteiger partial charge is 0.291 e. The summed E-state index contributed by atoms with van der Waals surface area (Å²) in [5.41, 5.74) is 7.21. The molecule has 0 fully saturated rings. The quantitative estimate of drug-likeness (QED) is 0.433. The van der Waals surface area contributed by atoms with Crippen LogP contribution >= 0.6 is 0 Å². The van der Waals surface area contributed by atoms with Crippen LogP contribution in [0.2, 0.25) is 0 Å². The fraction of sp³-hybridized carbons (Fsp3) is 0.105. The molecule has 0 radical (unpaired) electrons. The molecule has 10 nitrogen and oxygen atoms in total. The van der Waals surface area contributed by atoms with Crippen molar-refractivity contribution in [1.29, 1.82) is 0 Å². The molecular weight excluding hydrogens is 372 g/mol. The van der Waals surface area contributed by atoms with Gasteiger partial charge in [0.05, 0.1) is 22.8 Å². The SMILES string of the molecule is C/C(=N\NC(=O)c1cc(C(=O)N/N=C(\C)c2ccccn2)[nH]n1)c1ccccn1. The lowest BCUT2D eigenvalue weighted by atomic mass is 10.3. The van der Waals surface area contributed by atoms with E-state index in [1.54, 1.807) is 50.5 Å². The summed E-state index contributed by atoms with van der Waals surface area (Å²) in [7, 11) is 0.